The van der Waals surface area contributed by atoms with Gasteiger partial charge in [0.15, 0.2) is 5.11 Å². The summed E-state index contributed by atoms with van der Waals surface area (Å²) in [5, 5.41) is 4.17. The lowest BCUT2D eigenvalue weighted by molar-refractivity contribution is 0.605. The summed E-state index contributed by atoms with van der Waals surface area (Å²) in [6.07, 6.45) is 7.58. The number of rotatable bonds is 2. The van der Waals surface area contributed by atoms with Crippen molar-refractivity contribution in [2.24, 2.45) is 16.8 Å². The van der Waals surface area contributed by atoms with Crippen LogP contribution in [0.4, 0.5) is 0 Å². The summed E-state index contributed by atoms with van der Waals surface area (Å²) in [5.41, 5.74) is 9.27. The van der Waals surface area contributed by atoms with Crippen molar-refractivity contribution in [2.75, 3.05) is 0 Å². The molecular formula is C9H15N3S. The zero-order valence-electron chi connectivity index (χ0n) is 7.79. The minimum absolute atomic E-state index is 0.221. The molecule has 1 aliphatic rings. The minimum Gasteiger partial charge on any atom is -0.375 e. The fourth-order valence-corrected chi connectivity index (χ4v) is 1.38. The molecule has 0 saturated carbocycles. The van der Waals surface area contributed by atoms with Crippen molar-refractivity contribution >= 4 is 23.5 Å². The van der Waals surface area contributed by atoms with E-state index in [2.05, 4.69) is 35.7 Å². The molecular weight excluding hydrogens is 182 g/mol. The standard InChI is InChI=1S/C9H15N3S/c1-7-2-4-8(5-3-7)6-11-12-9(10)13/h2,6,8H,3-5H2,1H3,(H3,10,12,13)/b11-6+. The highest BCUT2D eigenvalue weighted by atomic mass is 32.1. The van der Waals surface area contributed by atoms with Crippen LogP contribution >= 0.6 is 12.2 Å². The zero-order valence-corrected chi connectivity index (χ0v) is 8.60. The number of hydrogen-bond donors (Lipinski definition) is 2. The molecule has 1 atom stereocenters. The second-order valence-corrected chi connectivity index (χ2v) is 3.78. The van der Waals surface area contributed by atoms with Gasteiger partial charge in [-0.05, 0) is 44.3 Å². The van der Waals surface area contributed by atoms with E-state index in [0.717, 1.165) is 6.42 Å². The predicted octanol–water partition coefficient (Wildman–Crippen LogP) is 1.55. The van der Waals surface area contributed by atoms with E-state index in [0.29, 0.717) is 5.92 Å². The Labute approximate surface area is 84.1 Å². The van der Waals surface area contributed by atoms with Crippen molar-refractivity contribution < 1.29 is 0 Å². The Hall–Kier alpha value is -0.900. The molecule has 0 aromatic heterocycles. The maximum atomic E-state index is 5.22. The minimum atomic E-state index is 0.221. The second kappa shape index (κ2) is 4.97. The van der Waals surface area contributed by atoms with E-state index in [1.54, 1.807) is 0 Å². The number of nitrogens with one attached hydrogen (secondary N) is 1. The molecule has 0 aliphatic heterocycles. The van der Waals surface area contributed by atoms with Gasteiger partial charge in [0.2, 0.25) is 0 Å². The number of thiocarbonyl (C=S) groups is 1. The molecule has 13 heavy (non-hydrogen) atoms. The van der Waals surface area contributed by atoms with Crippen LogP contribution in [0.2, 0.25) is 0 Å². The number of allylic oxidation sites excluding steroid dienone is 2. The van der Waals surface area contributed by atoms with Gasteiger partial charge in [-0.15, -0.1) is 0 Å². The molecule has 0 saturated heterocycles. The maximum Gasteiger partial charge on any atom is 0.184 e. The van der Waals surface area contributed by atoms with Crippen LogP contribution in [0.15, 0.2) is 16.8 Å². The Balaban J connectivity index is 2.31. The highest BCUT2D eigenvalue weighted by Gasteiger charge is 2.09. The Kier molecular flexibility index (Phi) is 3.89. The molecule has 1 unspecified atom stereocenters. The van der Waals surface area contributed by atoms with Crippen LogP contribution in [0.3, 0.4) is 0 Å². The Morgan fingerprint density at radius 3 is 3.15 bits per heavy atom. The van der Waals surface area contributed by atoms with Crippen molar-refractivity contribution in [1.29, 1.82) is 0 Å². The Morgan fingerprint density at radius 1 is 1.85 bits per heavy atom. The third-order valence-electron chi connectivity index (χ3n) is 2.14. The van der Waals surface area contributed by atoms with E-state index in [4.69, 9.17) is 5.73 Å². The molecule has 3 N–H and O–H groups in total. The third kappa shape index (κ3) is 4.03. The van der Waals surface area contributed by atoms with Crippen LogP contribution in [0.25, 0.3) is 0 Å². The number of hydrogen-bond acceptors (Lipinski definition) is 2. The van der Waals surface area contributed by atoms with E-state index in [1.165, 1.54) is 18.4 Å². The van der Waals surface area contributed by atoms with Gasteiger partial charge in [0, 0.05) is 6.21 Å². The molecule has 72 valence electrons. The van der Waals surface area contributed by atoms with Crippen LogP contribution in [0.1, 0.15) is 26.2 Å². The van der Waals surface area contributed by atoms with Crippen LogP contribution in [-0.4, -0.2) is 11.3 Å². The van der Waals surface area contributed by atoms with E-state index in [1.807, 2.05) is 6.21 Å². The average Bonchev–Trinajstić information content (AvgIpc) is 2.08. The lowest BCUT2D eigenvalue weighted by Crippen LogP contribution is -2.24. The molecule has 0 aromatic carbocycles. The predicted molar refractivity (Wildman–Crippen MR) is 59.5 cm³/mol. The normalized spacial score (nSPS) is 22.8. The molecule has 0 bridgehead atoms. The van der Waals surface area contributed by atoms with Crippen molar-refractivity contribution in [3.63, 3.8) is 0 Å². The number of hydrazone groups is 1. The zero-order chi connectivity index (χ0) is 9.68. The molecule has 1 rings (SSSR count). The smallest absolute Gasteiger partial charge is 0.184 e. The van der Waals surface area contributed by atoms with Gasteiger partial charge in [-0.3, -0.25) is 5.43 Å². The topological polar surface area (TPSA) is 50.4 Å². The Morgan fingerprint density at radius 2 is 2.62 bits per heavy atom. The summed E-state index contributed by atoms with van der Waals surface area (Å²) in [5.74, 6) is 0.533. The van der Waals surface area contributed by atoms with Crippen molar-refractivity contribution in [2.45, 2.75) is 26.2 Å². The maximum absolute atomic E-state index is 5.22. The first-order valence-electron chi connectivity index (χ1n) is 4.42. The van der Waals surface area contributed by atoms with Gasteiger partial charge >= 0.3 is 0 Å². The van der Waals surface area contributed by atoms with Crippen LogP contribution in [0, 0.1) is 5.92 Å². The van der Waals surface area contributed by atoms with Crippen LogP contribution in [0.5, 0.6) is 0 Å². The number of nitrogens with zero attached hydrogens (tertiary/aromatic N) is 1. The van der Waals surface area contributed by atoms with Crippen molar-refractivity contribution in [1.82, 2.24) is 5.43 Å². The van der Waals surface area contributed by atoms with E-state index >= 15 is 0 Å². The summed E-state index contributed by atoms with van der Waals surface area (Å²) in [4.78, 5) is 0. The van der Waals surface area contributed by atoms with Gasteiger partial charge in [-0.2, -0.15) is 5.10 Å². The summed E-state index contributed by atoms with van der Waals surface area (Å²) < 4.78 is 0. The quantitative estimate of drug-likeness (QED) is 0.306. The molecule has 0 aromatic rings. The van der Waals surface area contributed by atoms with Gasteiger partial charge in [-0.25, -0.2) is 0 Å². The average molecular weight is 197 g/mol. The first-order chi connectivity index (χ1) is 6.18. The third-order valence-corrected chi connectivity index (χ3v) is 2.23. The molecule has 4 heteroatoms. The fourth-order valence-electron chi connectivity index (χ4n) is 1.33. The largest absolute Gasteiger partial charge is 0.375 e. The molecule has 0 fully saturated rings. The molecule has 1 aliphatic carbocycles. The lowest BCUT2D eigenvalue weighted by atomic mass is 9.91. The highest BCUT2D eigenvalue weighted by Crippen LogP contribution is 2.21. The lowest BCUT2D eigenvalue weighted by Gasteiger charge is -2.15. The highest BCUT2D eigenvalue weighted by molar-refractivity contribution is 7.80. The van der Waals surface area contributed by atoms with E-state index < -0.39 is 0 Å². The summed E-state index contributed by atoms with van der Waals surface area (Å²) in [7, 11) is 0. The van der Waals surface area contributed by atoms with Gasteiger partial charge in [0.25, 0.3) is 0 Å². The molecule has 0 amide bonds. The monoisotopic (exact) mass is 197 g/mol. The van der Waals surface area contributed by atoms with Gasteiger partial charge in [-0.1, -0.05) is 11.6 Å². The molecule has 0 radical (unpaired) electrons. The summed E-state index contributed by atoms with van der Waals surface area (Å²) in [6.45, 7) is 2.17. The van der Waals surface area contributed by atoms with Crippen molar-refractivity contribution in [3.05, 3.63) is 11.6 Å². The van der Waals surface area contributed by atoms with Crippen LogP contribution in [-0.2, 0) is 0 Å². The molecule has 3 nitrogen and oxygen atoms in total. The van der Waals surface area contributed by atoms with Gasteiger partial charge < -0.3 is 5.73 Å². The Bertz CT molecular complexity index is 245. The van der Waals surface area contributed by atoms with Gasteiger partial charge in [0.1, 0.15) is 0 Å². The summed E-state index contributed by atoms with van der Waals surface area (Å²) in [6, 6.07) is 0. The first kappa shape index (κ1) is 10.2. The van der Waals surface area contributed by atoms with E-state index in [-0.39, 0.29) is 5.11 Å². The van der Waals surface area contributed by atoms with Crippen LogP contribution < -0.4 is 11.2 Å². The second-order valence-electron chi connectivity index (χ2n) is 3.34. The summed E-state index contributed by atoms with van der Waals surface area (Å²) >= 11 is 4.62. The fraction of sp³-hybridized carbons (Fsp3) is 0.556. The molecule has 0 spiro atoms. The van der Waals surface area contributed by atoms with E-state index in [9.17, 15) is 0 Å². The van der Waals surface area contributed by atoms with Crippen molar-refractivity contribution in [3.8, 4) is 0 Å². The SMILES string of the molecule is CC1=CCC(/C=N/NC(N)=S)CC1. The number of nitrogens with two attached hydrogens (primary N) is 1. The van der Waals surface area contributed by atoms with Gasteiger partial charge in [0.05, 0.1) is 0 Å². The molecule has 0 heterocycles. The first-order valence-corrected chi connectivity index (χ1v) is 4.83.